The van der Waals surface area contributed by atoms with E-state index in [1.807, 2.05) is 19.1 Å². The molecule has 128 valence electrons. The SMILES string of the molecule is Cc1cc(C)cc(N2CCN(S(=O)(=O)c3ccccc3C)CC2)c1. The molecule has 0 aromatic heterocycles. The van der Waals surface area contributed by atoms with Gasteiger partial charge in [-0.2, -0.15) is 4.31 Å². The summed E-state index contributed by atoms with van der Waals surface area (Å²) in [7, 11) is -3.41. The molecule has 5 heteroatoms. The predicted molar refractivity (Wildman–Crippen MR) is 98.1 cm³/mol. The number of hydrogen-bond acceptors (Lipinski definition) is 3. The van der Waals surface area contributed by atoms with Crippen LogP contribution < -0.4 is 4.90 Å². The second-order valence-corrected chi connectivity index (χ2v) is 8.41. The standard InChI is InChI=1S/C19H24N2O2S/c1-15-12-16(2)14-18(13-15)20-8-10-21(11-9-20)24(22,23)19-7-5-4-6-17(19)3/h4-7,12-14H,8-11H2,1-3H3. The number of hydrogen-bond donors (Lipinski definition) is 0. The minimum absolute atomic E-state index is 0.421. The average Bonchev–Trinajstić information content (AvgIpc) is 2.54. The van der Waals surface area contributed by atoms with E-state index < -0.39 is 10.0 Å². The van der Waals surface area contributed by atoms with E-state index >= 15 is 0 Å². The van der Waals surface area contributed by atoms with Crippen molar-refractivity contribution in [3.05, 3.63) is 59.2 Å². The van der Waals surface area contributed by atoms with Gasteiger partial charge in [-0.15, -0.1) is 0 Å². The quantitative estimate of drug-likeness (QED) is 0.859. The molecule has 0 spiro atoms. The summed E-state index contributed by atoms with van der Waals surface area (Å²) in [4.78, 5) is 2.69. The number of piperazine rings is 1. The van der Waals surface area contributed by atoms with Gasteiger partial charge in [0, 0.05) is 31.9 Å². The van der Waals surface area contributed by atoms with E-state index in [-0.39, 0.29) is 0 Å². The van der Waals surface area contributed by atoms with Crippen LogP contribution in [0.1, 0.15) is 16.7 Å². The van der Waals surface area contributed by atoms with E-state index in [4.69, 9.17) is 0 Å². The molecule has 1 saturated heterocycles. The highest BCUT2D eigenvalue weighted by Crippen LogP contribution is 2.24. The topological polar surface area (TPSA) is 40.6 Å². The van der Waals surface area contributed by atoms with Crippen LogP contribution in [0.2, 0.25) is 0 Å². The van der Waals surface area contributed by atoms with Crippen LogP contribution in [0.5, 0.6) is 0 Å². The van der Waals surface area contributed by atoms with Crippen LogP contribution in [0, 0.1) is 20.8 Å². The van der Waals surface area contributed by atoms with Crippen molar-refractivity contribution in [2.45, 2.75) is 25.7 Å². The van der Waals surface area contributed by atoms with Crippen LogP contribution in [0.4, 0.5) is 5.69 Å². The zero-order valence-corrected chi connectivity index (χ0v) is 15.3. The van der Waals surface area contributed by atoms with E-state index in [1.54, 1.807) is 16.4 Å². The number of benzene rings is 2. The summed E-state index contributed by atoms with van der Waals surface area (Å²) < 4.78 is 27.3. The van der Waals surface area contributed by atoms with Gasteiger partial charge in [0.1, 0.15) is 0 Å². The molecule has 1 fully saturated rings. The van der Waals surface area contributed by atoms with Crippen LogP contribution in [0.25, 0.3) is 0 Å². The monoisotopic (exact) mass is 344 g/mol. The third kappa shape index (κ3) is 3.32. The van der Waals surface area contributed by atoms with E-state index in [1.165, 1.54) is 16.8 Å². The molecule has 0 saturated carbocycles. The van der Waals surface area contributed by atoms with Crippen molar-refractivity contribution >= 4 is 15.7 Å². The molecular weight excluding hydrogens is 320 g/mol. The first-order valence-corrected chi connectivity index (χ1v) is 9.71. The molecule has 0 bridgehead atoms. The van der Waals surface area contributed by atoms with Gasteiger partial charge in [0.25, 0.3) is 0 Å². The maximum Gasteiger partial charge on any atom is 0.243 e. The van der Waals surface area contributed by atoms with E-state index in [2.05, 4.69) is 36.9 Å². The summed E-state index contributed by atoms with van der Waals surface area (Å²) in [5.41, 5.74) is 4.45. The Labute approximate surface area is 144 Å². The summed E-state index contributed by atoms with van der Waals surface area (Å²) in [5, 5.41) is 0. The minimum atomic E-state index is -3.41. The smallest absolute Gasteiger partial charge is 0.243 e. The Bertz CT molecular complexity index is 818. The van der Waals surface area contributed by atoms with Crippen molar-refractivity contribution in [1.82, 2.24) is 4.31 Å². The van der Waals surface area contributed by atoms with Crippen LogP contribution in [0.3, 0.4) is 0 Å². The molecule has 0 atom stereocenters. The molecule has 0 N–H and O–H groups in total. The molecule has 1 heterocycles. The zero-order chi connectivity index (χ0) is 17.3. The lowest BCUT2D eigenvalue weighted by Crippen LogP contribution is -2.48. The Morgan fingerprint density at radius 1 is 0.833 bits per heavy atom. The fourth-order valence-corrected chi connectivity index (χ4v) is 4.95. The maximum atomic E-state index is 12.9. The lowest BCUT2D eigenvalue weighted by molar-refractivity contribution is 0.384. The predicted octanol–water partition coefficient (Wildman–Crippen LogP) is 3.12. The van der Waals surface area contributed by atoms with Gasteiger partial charge in [-0.3, -0.25) is 0 Å². The van der Waals surface area contributed by atoms with Crippen LogP contribution >= 0.6 is 0 Å². The van der Waals surface area contributed by atoms with Crippen molar-refractivity contribution in [1.29, 1.82) is 0 Å². The second-order valence-electron chi connectivity index (χ2n) is 6.50. The van der Waals surface area contributed by atoms with Gasteiger partial charge >= 0.3 is 0 Å². The molecule has 1 aliphatic rings. The largest absolute Gasteiger partial charge is 0.369 e. The lowest BCUT2D eigenvalue weighted by atomic mass is 10.1. The second kappa shape index (κ2) is 6.57. The van der Waals surface area contributed by atoms with Crippen LogP contribution in [0.15, 0.2) is 47.4 Å². The molecule has 0 radical (unpaired) electrons. The summed E-state index contributed by atoms with van der Waals surface area (Å²) >= 11 is 0. The summed E-state index contributed by atoms with van der Waals surface area (Å²) in [5.74, 6) is 0. The number of aryl methyl sites for hydroxylation is 3. The molecule has 1 aliphatic heterocycles. The van der Waals surface area contributed by atoms with Gasteiger partial charge in [-0.05, 0) is 55.7 Å². The minimum Gasteiger partial charge on any atom is -0.369 e. The molecule has 0 aliphatic carbocycles. The molecule has 3 rings (SSSR count). The molecule has 4 nitrogen and oxygen atoms in total. The molecule has 24 heavy (non-hydrogen) atoms. The third-order valence-corrected chi connectivity index (χ3v) is 6.58. The number of sulfonamides is 1. The average molecular weight is 344 g/mol. The van der Waals surface area contributed by atoms with Crippen LogP contribution in [-0.4, -0.2) is 38.9 Å². The van der Waals surface area contributed by atoms with Crippen molar-refractivity contribution in [3.8, 4) is 0 Å². The Hall–Kier alpha value is -1.85. The highest BCUT2D eigenvalue weighted by Gasteiger charge is 2.29. The molecule has 0 amide bonds. The van der Waals surface area contributed by atoms with Gasteiger partial charge in [0.05, 0.1) is 4.90 Å². The van der Waals surface area contributed by atoms with Gasteiger partial charge < -0.3 is 4.90 Å². The first-order valence-electron chi connectivity index (χ1n) is 8.27. The summed E-state index contributed by atoms with van der Waals surface area (Å²) in [6, 6.07) is 13.7. The Balaban J connectivity index is 1.76. The molecule has 2 aromatic rings. The highest BCUT2D eigenvalue weighted by atomic mass is 32.2. The van der Waals surface area contributed by atoms with Gasteiger partial charge in [-0.25, -0.2) is 8.42 Å². The lowest BCUT2D eigenvalue weighted by Gasteiger charge is -2.35. The zero-order valence-electron chi connectivity index (χ0n) is 14.5. The molecular formula is C19H24N2O2S. The van der Waals surface area contributed by atoms with Crippen molar-refractivity contribution in [3.63, 3.8) is 0 Å². The summed E-state index contributed by atoms with van der Waals surface area (Å²) in [6.45, 7) is 8.50. The third-order valence-electron chi connectivity index (χ3n) is 4.52. The van der Waals surface area contributed by atoms with Gasteiger partial charge in [0.15, 0.2) is 0 Å². The fraction of sp³-hybridized carbons (Fsp3) is 0.368. The molecule has 2 aromatic carbocycles. The highest BCUT2D eigenvalue weighted by molar-refractivity contribution is 7.89. The fourth-order valence-electron chi connectivity index (χ4n) is 3.30. The number of anilines is 1. The van der Waals surface area contributed by atoms with Crippen molar-refractivity contribution < 1.29 is 8.42 Å². The van der Waals surface area contributed by atoms with E-state index in [0.717, 1.165) is 5.56 Å². The van der Waals surface area contributed by atoms with E-state index in [0.29, 0.717) is 31.1 Å². The Morgan fingerprint density at radius 2 is 1.42 bits per heavy atom. The van der Waals surface area contributed by atoms with Crippen LogP contribution in [-0.2, 0) is 10.0 Å². The van der Waals surface area contributed by atoms with Gasteiger partial charge in [-0.1, -0.05) is 24.3 Å². The first-order chi connectivity index (χ1) is 11.4. The maximum absolute atomic E-state index is 12.9. The Kier molecular flexibility index (Phi) is 4.65. The van der Waals surface area contributed by atoms with Crippen molar-refractivity contribution in [2.75, 3.05) is 31.1 Å². The van der Waals surface area contributed by atoms with Gasteiger partial charge in [0.2, 0.25) is 10.0 Å². The van der Waals surface area contributed by atoms with Crippen molar-refractivity contribution in [2.24, 2.45) is 0 Å². The van der Waals surface area contributed by atoms with E-state index in [9.17, 15) is 8.42 Å². The Morgan fingerprint density at radius 3 is 2.00 bits per heavy atom. The molecule has 0 unspecified atom stereocenters. The summed E-state index contributed by atoms with van der Waals surface area (Å²) in [6.07, 6.45) is 0. The number of nitrogens with zero attached hydrogens (tertiary/aromatic N) is 2. The normalized spacial score (nSPS) is 16.4. The number of rotatable bonds is 3. The first kappa shape index (κ1) is 17.0.